The maximum Gasteiger partial charge on any atom is 0.340 e. The number of para-hydroxylation sites is 1. The number of hydrogen-bond acceptors (Lipinski definition) is 6. The van der Waals surface area contributed by atoms with Crippen molar-refractivity contribution in [2.24, 2.45) is 0 Å². The van der Waals surface area contributed by atoms with Gasteiger partial charge in [-0.25, -0.2) is 4.79 Å². The summed E-state index contributed by atoms with van der Waals surface area (Å²) in [6.45, 7) is 1.35. The minimum Gasteiger partial charge on any atom is -0.456 e. The molecule has 8 nitrogen and oxygen atoms in total. The number of carbonyl (C=O) groups excluding carboxylic acids is 2. The van der Waals surface area contributed by atoms with Crippen LogP contribution >= 0.6 is 11.6 Å². The molecule has 0 atom stereocenters. The van der Waals surface area contributed by atoms with Gasteiger partial charge in [-0.3, -0.25) is 9.20 Å². The minimum absolute atomic E-state index is 0.296. The fourth-order valence-electron chi connectivity index (χ4n) is 2.80. The van der Waals surface area contributed by atoms with Gasteiger partial charge < -0.3 is 14.8 Å². The molecule has 9 heteroatoms. The van der Waals surface area contributed by atoms with E-state index >= 15 is 0 Å². The minimum atomic E-state index is -0.617. The van der Waals surface area contributed by atoms with Crippen LogP contribution in [0.4, 0.5) is 5.69 Å². The summed E-state index contributed by atoms with van der Waals surface area (Å²) in [4.78, 5) is 24.4. The predicted molar refractivity (Wildman–Crippen MR) is 115 cm³/mol. The number of carbonyl (C=O) groups is 2. The number of amides is 1. The van der Waals surface area contributed by atoms with E-state index < -0.39 is 18.5 Å². The quantitative estimate of drug-likeness (QED) is 0.453. The number of esters is 1. The summed E-state index contributed by atoms with van der Waals surface area (Å²) in [5.74, 6) is 0.664. The second-order valence-electron chi connectivity index (χ2n) is 6.57. The average Bonchev–Trinajstić information content (AvgIpc) is 3.15. The molecule has 31 heavy (non-hydrogen) atoms. The van der Waals surface area contributed by atoms with Gasteiger partial charge in [-0.05, 0) is 55.5 Å². The first-order chi connectivity index (χ1) is 15.0. The number of nitrogens with zero attached hydrogens (tertiary/aromatic N) is 3. The molecule has 0 radical (unpaired) electrons. The van der Waals surface area contributed by atoms with Crippen molar-refractivity contribution in [1.29, 1.82) is 0 Å². The number of anilines is 1. The first kappa shape index (κ1) is 20.4. The maximum atomic E-state index is 12.2. The molecule has 0 saturated heterocycles. The van der Waals surface area contributed by atoms with Crippen LogP contribution in [-0.2, 0) is 9.53 Å². The maximum absolute atomic E-state index is 12.2. The number of hydrogen-bond donors (Lipinski definition) is 1. The van der Waals surface area contributed by atoms with Gasteiger partial charge in [0.25, 0.3) is 5.91 Å². The van der Waals surface area contributed by atoms with Crippen LogP contribution in [-0.4, -0.2) is 33.1 Å². The van der Waals surface area contributed by atoms with E-state index in [0.29, 0.717) is 39.2 Å². The molecule has 0 unspecified atom stereocenters. The van der Waals surface area contributed by atoms with Crippen LogP contribution in [0.5, 0.6) is 11.5 Å². The van der Waals surface area contributed by atoms with Crippen molar-refractivity contribution in [1.82, 2.24) is 14.6 Å². The van der Waals surface area contributed by atoms with E-state index in [4.69, 9.17) is 21.1 Å². The number of halogens is 1. The van der Waals surface area contributed by atoms with Gasteiger partial charge >= 0.3 is 5.97 Å². The number of benzene rings is 2. The van der Waals surface area contributed by atoms with Crippen LogP contribution < -0.4 is 10.1 Å². The fourth-order valence-corrected chi connectivity index (χ4v) is 2.97. The zero-order valence-electron chi connectivity index (χ0n) is 16.4. The lowest BCUT2D eigenvalue weighted by molar-refractivity contribution is -0.119. The molecule has 0 fully saturated rings. The molecule has 0 aliphatic rings. The van der Waals surface area contributed by atoms with Crippen molar-refractivity contribution in [2.45, 2.75) is 6.92 Å². The third-order valence-corrected chi connectivity index (χ3v) is 4.66. The summed E-state index contributed by atoms with van der Waals surface area (Å²) in [5, 5.41) is 11.1. The van der Waals surface area contributed by atoms with Gasteiger partial charge in [0.2, 0.25) is 0 Å². The summed E-state index contributed by atoms with van der Waals surface area (Å²) in [5.41, 5.74) is 1.45. The van der Waals surface area contributed by atoms with Crippen molar-refractivity contribution in [2.75, 3.05) is 11.9 Å². The predicted octanol–water partition coefficient (Wildman–Crippen LogP) is 4.28. The zero-order valence-corrected chi connectivity index (χ0v) is 17.2. The highest BCUT2D eigenvalue weighted by molar-refractivity contribution is 6.32. The standard InChI is InChI=1S/C22H17ClN4O4/c1-14-25-26-20-11-6-15(12-27(14)20)22(29)30-13-21(28)24-16-7-9-17(10-8-16)31-19-5-3-2-4-18(19)23/h2-12H,13H2,1H3,(H,24,28). The number of rotatable bonds is 6. The molecule has 4 rings (SSSR count). The van der Waals surface area contributed by atoms with Crippen LogP contribution in [0.25, 0.3) is 5.65 Å². The lowest BCUT2D eigenvalue weighted by atomic mass is 10.3. The van der Waals surface area contributed by atoms with Crippen LogP contribution in [0.15, 0.2) is 66.9 Å². The van der Waals surface area contributed by atoms with Crippen molar-refractivity contribution in [3.63, 3.8) is 0 Å². The van der Waals surface area contributed by atoms with Gasteiger partial charge in [0.1, 0.15) is 17.3 Å². The van der Waals surface area contributed by atoms with Gasteiger partial charge in [-0.2, -0.15) is 0 Å². The highest BCUT2D eigenvalue weighted by atomic mass is 35.5. The second kappa shape index (κ2) is 8.85. The highest BCUT2D eigenvalue weighted by Gasteiger charge is 2.13. The molecule has 0 aliphatic heterocycles. The van der Waals surface area contributed by atoms with E-state index in [-0.39, 0.29) is 0 Å². The molecule has 1 amide bonds. The number of aromatic nitrogens is 3. The van der Waals surface area contributed by atoms with E-state index in [1.54, 1.807) is 66.1 Å². The Kier molecular flexibility index (Phi) is 5.81. The molecule has 0 spiro atoms. The van der Waals surface area contributed by atoms with Crippen LogP contribution in [0.2, 0.25) is 5.02 Å². The Hall–Kier alpha value is -3.91. The van der Waals surface area contributed by atoms with E-state index in [9.17, 15) is 9.59 Å². The Labute approximate surface area is 182 Å². The van der Waals surface area contributed by atoms with Crippen molar-refractivity contribution >= 4 is 34.8 Å². The molecule has 2 aromatic carbocycles. The average molecular weight is 437 g/mol. The van der Waals surface area contributed by atoms with E-state index in [1.807, 2.05) is 12.1 Å². The molecule has 156 valence electrons. The van der Waals surface area contributed by atoms with Crippen LogP contribution in [0.3, 0.4) is 0 Å². The fraction of sp³-hybridized carbons (Fsp3) is 0.0909. The number of ether oxygens (including phenoxy) is 2. The number of fused-ring (bicyclic) bond motifs is 1. The van der Waals surface area contributed by atoms with Gasteiger partial charge in [0.05, 0.1) is 10.6 Å². The second-order valence-corrected chi connectivity index (χ2v) is 6.98. The summed E-state index contributed by atoms with van der Waals surface area (Å²) in [6.07, 6.45) is 1.57. The van der Waals surface area contributed by atoms with Crippen LogP contribution in [0, 0.1) is 6.92 Å². The zero-order chi connectivity index (χ0) is 21.8. The summed E-state index contributed by atoms with van der Waals surface area (Å²) in [6, 6.07) is 17.1. The Morgan fingerprint density at radius 3 is 2.58 bits per heavy atom. The van der Waals surface area contributed by atoms with Crippen molar-refractivity contribution in [3.8, 4) is 11.5 Å². The van der Waals surface area contributed by atoms with Gasteiger partial charge in [0.15, 0.2) is 12.3 Å². The number of nitrogens with one attached hydrogen (secondary N) is 1. The topological polar surface area (TPSA) is 94.8 Å². The first-order valence-corrected chi connectivity index (χ1v) is 9.68. The third kappa shape index (κ3) is 4.81. The monoisotopic (exact) mass is 436 g/mol. The SMILES string of the molecule is Cc1nnc2ccc(C(=O)OCC(=O)Nc3ccc(Oc4ccccc4Cl)cc3)cn12. The smallest absolute Gasteiger partial charge is 0.340 e. The molecule has 1 N–H and O–H groups in total. The van der Waals surface area contributed by atoms with E-state index in [2.05, 4.69) is 15.5 Å². The molecule has 0 aliphatic carbocycles. The van der Waals surface area contributed by atoms with Gasteiger partial charge in [-0.1, -0.05) is 23.7 Å². The molecule has 0 bridgehead atoms. The Morgan fingerprint density at radius 1 is 1.03 bits per heavy atom. The Balaban J connectivity index is 1.31. The molecule has 0 saturated carbocycles. The molecule has 2 aromatic heterocycles. The Morgan fingerprint density at radius 2 is 1.81 bits per heavy atom. The third-order valence-electron chi connectivity index (χ3n) is 4.35. The van der Waals surface area contributed by atoms with Crippen molar-refractivity contribution < 1.29 is 19.1 Å². The molecular weight excluding hydrogens is 420 g/mol. The highest BCUT2D eigenvalue weighted by Crippen LogP contribution is 2.29. The van der Waals surface area contributed by atoms with Gasteiger partial charge in [0, 0.05) is 11.9 Å². The van der Waals surface area contributed by atoms with E-state index in [1.165, 1.54) is 0 Å². The number of pyridine rings is 1. The summed E-state index contributed by atoms with van der Waals surface area (Å²) in [7, 11) is 0. The lowest BCUT2D eigenvalue weighted by Gasteiger charge is -2.09. The van der Waals surface area contributed by atoms with Gasteiger partial charge in [-0.15, -0.1) is 10.2 Å². The molecular formula is C22H17ClN4O4. The normalized spacial score (nSPS) is 10.6. The summed E-state index contributed by atoms with van der Waals surface area (Å²) >= 11 is 6.08. The van der Waals surface area contributed by atoms with Crippen LogP contribution in [0.1, 0.15) is 16.2 Å². The van der Waals surface area contributed by atoms with Crippen molar-refractivity contribution in [3.05, 3.63) is 83.3 Å². The molecule has 2 heterocycles. The summed E-state index contributed by atoms with van der Waals surface area (Å²) < 4.78 is 12.5. The number of aryl methyl sites for hydroxylation is 1. The largest absolute Gasteiger partial charge is 0.456 e. The Bertz CT molecular complexity index is 1250. The lowest BCUT2D eigenvalue weighted by Crippen LogP contribution is -2.21. The molecule has 4 aromatic rings. The first-order valence-electron chi connectivity index (χ1n) is 9.30. The van der Waals surface area contributed by atoms with E-state index in [0.717, 1.165) is 0 Å².